The summed E-state index contributed by atoms with van der Waals surface area (Å²) >= 11 is 0. The normalized spacial score (nSPS) is 34.2. The fourth-order valence-electron chi connectivity index (χ4n) is 2.92. The Labute approximate surface area is 195 Å². The molecule has 3 saturated heterocycles. The monoisotopic (exact) mass is 616 g/mol. The van der Waals surface area contributed by atoms with Gasteiger partial charge in [-0.2, -0.15) is 50.5 Å². The standard InChI is InChI=1S/C10H16O18S6/c11-29(12)6-30(13,14)26-8(25-29)4-10-33(19,20)27-7(28-34(10,21)22)2-1-3-9-31(15,16)23-5-24-32(9,17)18/h7-10H,1-6H2. The SMILES string of the molecule is O=S1(=O)CS(=O)(=O)OC(CC2S(=O)(=O)OC(CCCC3S(=O)(=O)OCOS3(=O)=O)OS2(=O)=O)O1. The van der Waals surface area contributed by atoms with Gasteiger partial charge in [0.05, 0.1) is 0 Å². The lowest BCUT2D eigenvalue weighted by Gasteiger charge is -2.30. The highest BCUT2D eigenvalue weighted by atomic mass is 32.3. The summed E-state index contributed by atoms with van der Waals surface area (Å²) in [4.78, 5) is 0. The van der Waals surface area contributed by atoms with Crippen molar-refractivity contribution in [3.8, 4) is 0 Å². The molecule has 0 aromatic rings. The molecule has 3 heterocycles. The van der Waals surface area contributed by atoms with Crippen molar-refractivity contribution >= 4 is 60.7 Å². The van der Waals surface area contributed by atoms with Crippen LogP contribution >= 0.6 is 0 Å². The van der Waals surface area contributed by atoms with Crippen LogP contribution in [0.2, 0.25) is 0 Å². The van der Waals surface area contributed by atoms with Crippen LogP contribution < -0.4 is 0 Å². The van der Waals surface area contributed by atoms with Crippen LogP contribution in [0.1, 0.15) is 25.7 Å². The van der Waals surface area contributed by atoms with Gasteiger partial charge in [0.2, 0.25) is 14.2 Å². The van der Waals surface area contributed by atoms with Gasteiger partial charge in [0.25, 0.3) is 60.7 Å². The smallest absolute Gasteiger partial charge is 0.239 e. The molecule has 3 fully saturated rings. The van der Waals surface area contributed by atoms with E-state index >= 15 is 0 Å². The third-order valence-corrected chi connectivity index (χ3v) is 15.7. The Hall–Kier alpha value is -0.540. The van der Waals surface area contributed by atoms with Gasteiger partial charge in [-0.3, -0.25) is 0 Å². The molecule has 0 aliphatic carbocycles. The van der Waals surface area contributed by atoms with Gasteiger partial charge in [-0.05, 0) is 12.8 Å². The van der Waals surface area contributed by atoms with Gasteiger partial charge in [-0.15, -0.1) is 0 Å². The highest BCUT2D eigenvalue weighted by Gasteiger charge is 2.52. The van der Waals surface area contributed by atoms with Gasteiger partial charge in [0.1, 0.15) is 0 Å². The van der Waals surface area contributed by atoms with Gasteiger partial charge < -0.3 is 0 Å². The van der Waals surface area contributed by atoms with Gasteiger partial charge in [-0.1, -0.05) is 0 Å². The first-order chi connectivity index (χ1) is 15.2. The molecule has 0 unspecified atom stereocenters. The largest absolute Gasteiger partial charge is 0.290 e. The van der Waals surface area contributed by atoms with Crippen molar-refractivity contribution in [1.82, 2.24) is 0 Å². The lowest BCUT2D eigenvalue weighted by molar-refractivity contribution is -0.0150. The van der Waals surface area contributed by atoms with Crippen molar-refractivity contribution in [3.05, 3.63) is 0 Å². The molecular weight excluding hydrogens is 600 g/mol. The van der Waals surface area contributed by atoms with Crippen molar-refractivity contribution in [2.45, 2.75) is 47.4 Å². The summed E-state index contributed by atoms with van der Waals surface area (Å²) in [6, 6.07) is 0. The zero-order valence-corrected chi connectivity index (χ0v) is 21.2. The second-order valence-electron chi connectivity index (χ2n) is 6.83. The van der Waals surface area contributed by atoms with Crippen LogP contribution in [0, 0.1) is 0 Å². The van der Waals surface area contributed by atoms with E-state index in [0.717, 1.165) is 0 Å². The van der Waals surface area contributed by atoms with E-state index in [9.17, 15) is 50.5 Å². The van der Waals surface area contributed by atoms with Gasteiger partial charge in [-0.25, -0.2) is 25.1 Å². The maximum atomic E-state index is 12.4. The Balaban J connectivity index is 1.69. The molecule has 3 aliphatic rings. The van der Waals surface area contributed by atoms with Crippen LogP contribution in [0.3, 0.4) is 0 Å². The fraction of sp³-hybridized carbons (Fsp3) is 1.00. The third kappa shape index (κ3) is 6.41. The Morgan fingerprint density at radius 1 is 0.529 bits per heavy atom. The molecule has 0 atom stereocenters. The molecule has 3 aliphatic heterocycles. The van der Waals surface area contributed by atoms with Crippen molar-refractivity contribution in [1.29, 1.82) is 0 Å². The molecule has 0 aromatic carbocycles. The highest BCUT2D eigenvalue weighted by Crippen LogP contribution is 2.33. The van der Waals surface area contributed by atoms with Crippen LogP contribution in [-0.4, -0.2) is 84.1 Å². The quantitative estimate of drug-likeness (QED) is 0.267. The maximum absolute atomic E-state index is 12.4. The van der Waals surface area contributed by atoms with Crippen LogP contribution in [0.15, 0.2) is 0 Å². The van der Waals surface area contributed by atoms with E-state index in [0.29, 0.717) is 0 Å². The second-order valence-corrected chi connectivity index (χ2v) is 18.1. The van der Waals surface area contributed by atoms with Crippen molar-refractivity contribution < 1.29 is 75.6 Å². The van der Waals surface area contributed by atoms with Crippen molar-refractivity contribution in [3.63, 3.8) is 0 Å². The van der Waals surface area contributed by atoms with E-state index in [1.54, 1.807) is 0 Å². The molecule has 0 N–H and O–H groups in total. The van der Waals surface area contributed by atoms with E-state index in [-0.39, 0.29) is 0 Å². The topological polar surface area (TPSA) is 260 Å². The zero-order valence-electron chi connectivity index (χ0n) is 16.4. The van der Waals surface area contributed by atoms with Crippen molar-refractivity contribution in [2.24, 2.45) is 0 Å². The Kier molecular flexibility index (Phi) is 7.49. The van der Waals surface area contributed by atoms with Gasteiger partial charge in [0, 0.05) is 12.8 Å². The average molecular weight is 617 g/mol. The van der Waals surface area contributed by atoms with Crippen LogP contribution in [0.5, 0.6) is 0 Å². The van der Waals surface area contributed by atoms with Crippen LogP contribution in [-0.2, 0) is 85.8 Å². The molecule has 0 saturated carbocycles. The molecule has 24 heteroatoms. The van der Waals surface area contributed by atoms with E-state index in [2.05, 4.69) is 25.1 Å². The highest BCUT2D eigenvalue weighted by molar-refractivity contribution is 8.06. The van der Waals surface area contributed by atoms with E-state index < -0.39 is 120 Å². The average Bonchev–Trinajstić information content (AvgIpc) is 2.57. The van der Waals surface area contributed by atoms with Gasteiger partial charge in [0.15, 0.2) is 19.4 Å². The summed E-state index contributed by atoms with van der Waals surface area (Å²) in [6.45, 7) is -1.05. The molecule has 0 radical (unpaired) electrons. The van der Waals surface area contributed by atoms with Gasteiger partial charge >= 0.3 is 0 Å². The number of hydrogen-bond acceptors (Lipinski definition) is 18. The summed E-state index contributed by atoms with van der Waals surface area (Å²) in [7, 11) is -28.8. The number of rotatable bonds is 6. The summed E-state index contributed by atoms with van der Waals surface area (Å²) in [5.74, 6) is 0. The molecule has 0 bridgehead atoms. The predicted octanol–water partition coefficient (Wildman–Crippen LogP) is -3.11. The first-order valence-electron chi connectivity index (χ1n) is 8.67. The molecule has 200 valence electrons. The molecule has 34 heavy (non-hydrogen) atoms. The number of hydrogen-bond donors (Lipinski definition) is 0. The van der Waals surface area contributed by atoms with Crippen LogP contribution in [0.4, 0.5) is 0 Å². The summed E-state index contributed by atoms with van der Waals surface area (Å²) in [6.07, 6.45) is -7.53. The second kappa shape index (κ2) is 9.09. The Morgan fingerprint density at radius 3 is 1.47 bits per heavy atom. The minimum Gasteiger partial charge on any atom is -0.239 e. The minimum absolute atomic E-state index is 0.457. The Bertz CT molecular complexity index is 1350. The molecule has 3 rings (SSSR count). The molecule has 0 spiro atoms. The lowest BCUT2D eigenvalue weighted by atomic mass is 10.2. The molecular formula is C10H16O18S6. The van der Waals surface area contributed by atoms with E-state index in [4.69, 9.17) is 0 Å². The molecule has 0 aromatic heterocycles. The van der Waals surface area contributed by atoms with Crippen LogP contribution in [0.25, 0.3) is 0 Å². The predicted molar refractivity (Wildman–Crippen MR) is 103 cm³/mol. The zero-order chi connectivity index (χ0) is 25.8. The first kappa shape index (κ1) is 28.0. The fourth-order valence-corrected chi connectivity index (χ4v) is 12.2. The first-order valence-corrected chi connectivity index (χ1v) is 17.7. The Morgan fingerprint density at radius 2 is 1.00 bits per heavy atom. The summed E-state index contributed by atoms with van der Waals surface area (Å²) < 4.78 is 164. The van der Waals surface area contributed by atoms with E-state index in [1.807, 2.05) is 0 Å². The summed E-state index contributed by atoms with van der Waals surface area (Å²) in [5.41, 5.74) is 0. The molecule has 0 amide bonds. The van der Waals surface area contributed by atoms with Crippen molar-refractivity contribution in [2.75, 3.05) is 11.9 Å². The molecule has 18 nitrogen and oxygen atoms in total. The third-order valence-electron chi connectivity index (χ3n) is 4.26. The summed E-state index contributed by atoms with van der Waals surface area (Å²) in [5, 5.41) is -1.57. The minimum atomic E-state index is -5.10. The maximum Gasteiger partial charge on any atom is 0.290 e. The van der Waals surface area contributed by atoms with E-state index in [1.165, 1.54) is 0 Å². The lowest BCUT2D eigenvalue weighted by Crippen LogP contribution is -2.47.